The van der Waals surface area contributed by atoms with Gasteiger partial charge in [0.25, 0.3) is 0 Å². The lowest BCUT2D eigenvalue weighted by Gasteiger charge is -2.34. The van der Waals surface area contributed by atoms with Crippen LogP contribution in [0.4, 0.5) is 0 Å². The lowest BCUT2D eigenvalue weighted by Crippen LogP contribution is -2.43. The molecule has 3 N–H and O–H groups in total. The van der Waals surface area contributed by atoms with Crippen molar-refractivity contribution < 1.29 is 9.94 Å². The van der Waals surface area contributed by atoms with Gasteiger partial charge in [-0.05, 0) is 28.8 Å². The number of rotatable bonds is 5. The summed E-state index contributed by atoms with van der Waals surface area (Å²) in [5.74, 6) is 0.855. The van der Waals surface area contributed by atoms with Crippen molar-refractivity contribution >= 4 is 5.84 Å². The van der Waals surface area contributed by atoms with Crippen LogP contribution in [0.5, 0.6) is 5.75 Å². The molecule has 0 aliphatic heterocycles. The number of oxime groups is 1. The maximum atomic E-state index is 9.59. The molecule has 0 aliphatic rings. The molecule has 0 heterocycles. The maximum absolute atomic E-state index is 9.59. The van der Waals surface area contributed by atoms with Gasteiger partial charge in [0.15, 0.2) is 5.84 Å². The van der Waals surface area contributed by atoms with Crippen LogP contribution in [0.25, 0.3) is 0 Å². The van der Waals surface area contributed by atoms with Crippen molar-refractivity contribution in [3.63, 3.8) is 0 Å². The summed E-state index contributed by atoms with van der Waals surface area (Å²) in [4.78, 5) is 0. The van der Waals surface area contributed by atoms with Gasteiger partial charge in [-0.15, -0.1) is 0 Å². The van der Waals surface area contributed by atoms with Gasteiger partial charge < -0.3 is 15.7 Å². The van der Waals surface area contributed by atoms with E-state index in [0.29, 0.717) is 0 Å². The Hall–Kier alpha value is -3.27. The smallest absolute Gasteiger partial charge is 0.158 e. The zero-order chi connectivity index (χ0) is 17.7. The van der Waals surface area contributed by atoms with Crippen LogP contribution in [0.3, 0.4) is 0 Å². The monoisotopic (exact) mass is 332 g/mol. The standard InChI is InChI=1S/C21H20N2O2/c1-25-19-14-12-18(13-15-19)21(20(22)23-24,16-8-4-2-5-9-16)17-10-6-3-7-11-17/h2-15,24H,1H3,(H2,22,23). The summed E-state index contributed by atoms with van der Waals surface area (Å²) in [6.07, 6.45) is 0. The summed E-state index contributed by atoms with van der Waals surface area (Å²) in [7, 11) is 1.63. The number of nitrogens with two attached hydrogens (primary N) is 1. The molecule has 0 saturated carbocycles. The van der Waals surface area contributed by atoms with Crippen molar-refractivity contribution in [2.75, 3.05) is 7.11 Å². The van der Waals surface area contributed by atoms with Gasteiger partial charge in [0, 0.05) is 0 Å². The SMILES string of the molecule is COc1ccc(C(/C(N)=N/O)(c2ccccc2)c2ccccc2)cc1. The first-order chi connectivity index (χ1) is 12.2. The van der Waals surface area contributed by atoms with E-state index in [1.807, 2.05) is 84.9 Å². The first-order valence-corrected chi connectivity index (χ1v) is 7.97. The van der Waals surface area contributed by atoms with Crippen LogP contribution < -0.4 is 10.5 Å². The number of ether oxygens (including phenoxy) is 1. The zero-order valence-corrected chi connectivity index (χ0v) is 14.0. The van der Waals surface area contributed by atoms with Crippen LogP contribution in [0.2, 0.25) is 0 Å². The molecule has 3 aromatic carbocycles. The Kier molecular flexibility index (Phi) is 4.70. The number of hydrogen-bond donors (Lipinski definition) is 2. The largest absolute Gasteiger partial charge is 0.497 e. The van der Waals surface area contributed by atoms with E-state index in [2.05, 4.69) is 5.16 Å². The van der Waals surface area contributed by atoms with Crippen molar-refractivity contribution in [3.05, 3.63) is 102 Å². The molecule has 4 nitrogen and oxygen atoms in total. The lowest BCUT2D eigenvalue weighted by molar-refractivity contribution is 0.314. The number of nitrogens with zero attached hydrogens (tertiary/aromatic N) is 1. The molecule has 0 atom stereocenters. The van der Waals surface area contributed by atoms with E-state index in [-0.39, 0.29) is 5.84 Å². The molecule has 0 spiro atoms. The van der Waals surface area contributed by atoms with Crippen LogP contribution in [-0.2, 0) is 5.41 Å². The Bertz CT molecular complexity index is 805. The highest BCUT2D eigenvalue weighted by atomic mass is 16.5. The molecule has 0 bridgehead atoms. The van der Waals surface area contributed by atoms with E-state index in [4.69, 9.17) is 10.5 Å². The lowest BCUT2D eigenvalue weighted by atomic mass is 9.68. The predicted molar refractivity (Wildman–Crippen MR) is 99.2 cm³/mol. The van der Waals surface area contributed by atoms with Gasteiger partial charge >= 0.3 is 0 Å². The second kappa shape index (κ2) is 7.09. The van der Waals surface area contributed by atoms with Gasteiger partial charge in [-0.25, -0.2) is 0 Å². The minimum Gasteiger partial charge on any atom is -0.497 e. The average Bonchev–Trinajstić information content (AvgIpc) is 2.70. The Labute approximate surface area is 147 Å². The molecule has 0 amide bonds. The van der Waals surface area contributed by atoms with Gasteiger partial charge in [-0.1, -0.05) is 78.0 Å². The minimum atomic E-state index is -0.899. The van der Waals surface area contributed by atoms with Crippen molar-refractivity contribution in [1.82, 2.24) is 0 Å². The highest BCUT2D eigenvalue weighted by Gasteiger charge is 2.41. The zero-order valence-electron chi connectivity index (χ0n) is 14.0. The third kappa shape index (κ3) is 2.83. The van der Waals surface area contributed by atoms with E-state index in [0.717, 1.165) is 22.4 Å². The fraction of sp³-hybridized carbons (Fsp3) is 0.0952. The Morgan fingerprint density at radius 1 is 0.800 bits per heavy atom. The molecular formula is C21H20N2O2. The van der Waals surface area contributed by atoms with Gasteiger partial charge in [0.1, 0.15) is 11.2 Å². The van der Waals surface area contributed by atoms with Crippen LogP contribution in [-0.4, -0.2) is 18.2 Å². The molecule has 3 rings (SSSR count). The second-order valence-electron chi connectivity index (χ2n) is 5.70. The Morgan fingerprint density at radius 2 is 1.24 bits per heavy atom. The fourth-order valence-corrected chi connectivity index (χ4v) is 3.24. The topological polar surface area (TPSA) is 67.8 Å². The van der Waals surface area contributed by atoms with Crippen molar-refractivity contribution in [1.29, 1.82) is 0 Å². The number of hydrogen-bond acceptors (Lipinski definition) is 3. The molecule has 126 valence electrons. The molecule has 0 unspecified atom stereocenters. The molecular weight excluding hydrogens is 312 g/mol. The normalized spacial score (nSPS) is 12.0. The molecule has 0 fully saturated rings. The molecule has 0 saturated heterocycles. The number of benzene rings is 3. The maximum Gasteiger partial charge on any atom is 0.158 e. The summed E-state index contributed by atoms with van der Waals surface area (Å²) in [5.41, 5.74) is 8.11. The van der Waals surface area contributed by atoms with Crippen LogP contribution in [0, 0.1) is 0 Å². The molecule has 4 heteroatoms. The first-order valence-electron chi connectivity index (χ1n) is 7.97. The van der Waals surface area contributed by atoms with E-state index >= 15 is 0 Å². The van der Waals surface area contributed by atoms with Crippen molar-refractivity contribution in [2.24, 2.45) is 10.9 Å². The van der Waals surface area contributed by atoms with Crippen LogP contribution in [0.15, 0.2) is 90.1 Å². The Morgan fingerprint density at radius 3 is 1.64 bits per heavy atom. The minimum absolute atomic E-state index is 0.107. The van der Waals surface area contributed by atoms with E-state index < -0.39 is 5.41 Å². The van der Waals surface area contributed by atoms with Crippen LogP contribution >= 0.6 is 0 Å². The first kappa shape index (κ1) is 16.6. The number of amidine groups is 1. The van der Waals surface area contributed by atoms with Gasteiger partial charge in [0.2, 0.25) is 0 Å². The highest BCUT2D eigenvalue weighted by molar-refractivity contribution is 5.98. The summed E-state index contributed by atoms with van der Waals surface area (Å²) >= 11 is 0. The van der Waals surface area contributed by atoms with Crippen LogP contribution in [0.1, 0.15) is 16.7 Å². The summed E-state index contributed by atoms with van der Waals surface area (Å²) in [6.45, 7) is 0. The van der Waals surface area contributed by atoms with E-state index in [9.17, 15) is 5.21 Å². The predicted octanol–water partition coefficient (Wildman–Crippen LogP) is 3.78. The summed E-state index contributed by atoms with van der Waals surface area (Å²) in [5, 5.41) is 13.0. The van der Waals surface area contributed by atoms with E-state index in [1.54, 1.807) is 7.11 Å². The third-order valence-corrected chi connectivity index (χ3v) is 4.43. The molecule has 0 aromatic heterocycles. The molecule has 0 radical (unpaired) electrons. The molecule has 0 aliphatic carbocycles. The van der Waals surface area contributed by atoms with Crippen molar-refractivity contribution in [2.45, 2.75) is 5.41 Å². The average molecular weight is 332 g/mol. The number of methoxy groups -OCH3 is 1. The summed E-state index contributed by atoms with van der Waals surface area (Å²) in [6, 6.07) is 27.2. The van der Waals surface area contributed by atoms with Gasteiger partial charge in [-0.2, -0.15) is 0 Å². The van der Waals surface area contributed by atoms with Crippen molar-refractivity contribution in [3.8, 4) is 5.75 Å². The second-order valence-corrected chi connectivity index (χ2v) is 5.70. The molecule has 25 heavy (non-hydrogen) atoms. The highest BCUT2D eigenvalue weighted by Crippen LogP contribution is 2.40. The summed E-state index contributed by atoms with van der Waals surface area (Å²) < 4.78 is 5.27. The molecule has 3 aromatic rings. The Balaban J connectivity index is 2.36. The van der Waals surface area contributed by atoms with Gasteiger partial charge in [0.05, 0.1) is 7.11 Å². The fourth-order valence-electron chi connectivity index (χ4n) is 3.24. The third-order valence-electron chi connectivity index (χ3n) is 4.43. The van der Waals surface area contributed by atoms with Gasteiger partial charge in [-0.3, -0.25) is 0 Å². The quantitative estimate of drug-likeness (QED) is 0.246. The van der Waals surface area contributed by atoms with E-state index in [1.165, 1.54) is 0 Å².